The molecular weight excluding hydrogens is 116 g/mol. The van der Waals surface area contributed by atoms with Crippen LogP contribution in [0.2, 0.25) is 0 Å². The van der Waals surface area contributed by atoms with E-state index < -0.39 is 0 Å². The molecule has 0 N–H and O–H groups in total. The van der Waals surface area contributed by atoms with Gasteiger partial charge in [0.05, 0.1) is 13.0 Å². The van der Waals surface area contributed by atoms with Gasteiger partial charge in [-0.25, -0.2) is 0 Å². The molecule has 0 atom stereocenters. The molecule has 0 aromatic carbocycles. The van der Waals surface area contributed by atoms with Gasteiger partial charge in [0.2, 0.25) is 0 Å². The summed E-state index contributed by atoms with van der Waals surface area (Å²) in [6.07, 6.45) is 5.72. The summed E-state index contributed by atoms with van der Waals surface area (Å²) in [6, 6.07) is 0. The minimum atomic E-state index is -0.213. The predicted octanol–water partition coefficient (Wildman–Crippen LogP) is 0.963. The Balaban J connectivity index is 3.19. The molecule has 2 nitrogen and oxygen atoms in total. The monoisotopic (exact) mass is 126 g/mol. The van der Waals surface area contributed by atoms with Crippen molar-refractivity contribution in [3.8, 4) is 12.3 Å². The zero-order chi connectivity index (χ0) is 7.11. The molecule has 0 aliphatic carbocycles. The largest absolute Gasteiger partial charge is 0.466 e. The molecule has 0 unspecified atom stereocenters. The molecule has 0 saturated carbocycles. The van der Waals surface area contributed by atoms with E-state index in [1.165, 1.54) is 0 Å². The molecule has 0 heterocycles. The summed E-state index contributed by atoms with van der Waals surface area (Å²) in [5, 5.41) is 0. The second kappa shape index (κ2) is 5.17. The van der Waals surface area contributed by atoms with Crippen LogP contribution in [0.1, 0.15) is 19.8 Å². The summed E-state index contributed by atoms with van der Waals surface area (Å²) in [5.74, 6) is 2.14. The summed E-state index contributed by atoms with van der Waals surface area (Å²) in [6.45, 7) is 2.21. The number of esters is 1. The van der Waals surface area contributed by atoms with Crippen LogP contribution in [0.25, 0.3) is 0 Å². The second-order valence-corrected chi connectivity index (χ2v) is 1.51. The van der Waals surface area contributed by atoms with Gasteiger partial charge in [0.25, 0.3) is 0 Å². The molecule has 0 aliphatic rings. The third kappa shape index (κ3) is 4.89. The Morgan fingerprint density at radius 3 is 2.89 bits per heavy atom. The highest BCUT2D eigenvalue weighted by molar-refractivity contribution is 5.69. The number of carbonyl (C=O) groups excluding carboxylic acids is 1. The van der Waals surface area contributed by atoms with Gasteiger partial charge < -0.3 is 4.74 Å². The van der Waals surface area contributed by atoms with Crippen LogP contribution >= 0.6 is 0 Å². The summed E-state index contributed by atoms with van der Waals surface area (Å²) in [4.78, 5) is 10.5. The highest BCUT2D eigenvalue weighted by atomic mass is 16.5. The first-order valence-corrected chi connectivity index (χ1v) is 2.90. The van der Waals surface area contributed by atoms with E-state index in [9.17, 15) is 4.79 Å². The quantitative estimate of drug-likeness (QED) is 0.416. The minimum Gasteiger partial charge on any atom is -0.466 e. The van der Waals surface area contributed by atoms with Crippen LogP contribution in [-0.2, 0) is 9.53 Å². The van der Waals surface area contributed by atoms with Crippen molar-refractivity contribution in [2.75, 3.05) is 6.61 Å². The Morgan fingerprint density at radius 1 is 1.78 bits per heavy atom. The third-order valence-electron chi connectivity index (χ3n) is 0.779. The number of hydrogen-bond acceptors (Lipinski definition) is 2. The Bertz CT molecular complexity index is 121. The lowest BCUT2D eigenvalue weighted by Gasteiger charge is -1.96. The molecule has 0 bridgehead atoms. The van der Waals surface area contributed by atoms with Crippen molar-refractivity contribution in [2.45, 2.75) is 19.8 Å². The summed E-state index contributed by atoms with van der Waals surface area (Å²) in [5.41, 5.74) is 0. The average molecular weight is 126 g/mol. The predicted molar refractivity (Wildman–Crippen MR) is 34.7 cm³/mol. The van der Waals surface area contributed by atoms with Crippen molar-refractivity contribution < 1.29 is 9.53 Å². The fourth-order valence-electron chi connectivity index (χ4n) is 0.407. The maximum Gasteiger partial charge on any atom is 0.306 e. The molecule has 0 rings (SSSR count). The van der Waals surface area contributed by atoms with E-state index >= 15 is 0 Å². The normalized spacial score (nSPS) is 8.00. The Labute approximate surface area is 55.2 Å². The van der Waals surface area contributed by atoms with E-state index in [-0.39, 0.29) is 5.97 Å². The van der Waals surface area contributed by atoms with Crippen LogP contribution in [-0.4, -0.2) is 12.6 Å². The van der Waals surface area contributed by atoms with E-state index in [4.69, 9.17) is 6.42 Å². The lowest BCUT2D eigenvalue weighted by Crippen LogP contribution is -2.02. The first-order chi connectivity index (χ1) is 4.31. The number of rotatable bonds is 3. The molecule has 0 saturated heterocycles. The molecule has 0 spiro atoms. The van der Waals surface area contributed by atoms with Crippen LogP contribution in [0.4, 0.5) is 0 Å². The summed E-state index contributed by atoms with van der Waals surface area (Å²) < 4.78 is 4.61. The topological polar surface area (TPSA) is 26.3 Å². The lowest BCUT2D eigenvalue weighted by atomic mass is 10.3. The van der Waals surface area contributed by atoms with Crippen LogP contribution in [0.15, 0.2) is 0 Å². The SMILES string of the molecule is C#CCCC(=O)OCC. The van der Waals surface area contributed by atoms with Crippen molar-refractivity contribution in [3.05, 3.63) is 0 Å². The lowest BCUT2D eigenvalue weighted by molar-refractivity contribution is -0.142. The highest BCUT2D eigenvalue weighted by Gasteiger charge is 1.96. The van der Waals surface area contributed by atoms with E-state index in [0.29, 0.717) is 19.4 Å². The van der Waals surface area contributed by atoms with Crippen LogP contribution < -0.4 is 0 Å². The zero-order valence-electron chi connectivity index (χ0n) is 5.52. The first-order valence-electron chi connectivity index (χ1n) is 2.90. The maximum absolute atomic E-state index is 10.5. The number of hydrogen-bond donors (Lipinski definition) is 0. The highest BCUT2D eigenvalue weighted by Crippen LogP contribution is 1.89. The van der Waals surface area contributed by atoms with Crippen molar-refractivity contribution in [1.82, 2.24) is 0 Å². The van der Waals surface area contributed by atoms with Gasteiger partial charge in [-0.3, -0.25) is 4.79 Å². The molecule has 0 radical (unpaired) electrons. The molecule has 50 valence electrons. The van der Waals surface area contributed by atoms with Gasteiger partial charge in [-0.2, -0.15) is 0 Å². The van der Waals surface area contributed by atoms with Crippen molar-refractivity contribution >= 4 is 5.97 Å². The number of ether oxygens (including phenoxy) is 1. The smallest absolute Gasteiger partial charge is 0.306 e. The molecular formula is C7H10O2. The summed E-state index contributed by atoms with van der Waals surface area (Å²) in [7, 11) is 0. The molecule has 0 aliphatic heterocycles. The van der Waals surface area contributed by atoms with Gasteiger partial charge >= 0.3 is 5.97 Å². The van der Waals surface area contributed by atoms with E-state index in [2.05, 4.69) is 10.7 Å². The van der Waals surface area contributed by atoms with Gasteiger partial charge in [0.15, 0.2) is 0 Å². The van der Waals surface area contributed by atoms with Gasteiger partial charge in [0.1, 0.15) is 0 Å². The Morgan fingerprint density at radius 2 is 2.44 bits per heavy atom. The van der Waals surface area contributed by atoms with E-state index in [1.54, 1.807) is 6.92 Å². The molecule has 0 aromatic rings. The molecule has 0 fully saturated rings. The second-order valence-electron chi connectivity index (χ2n) is 1.51. The van der Waals surface area contributed by atoms with Crippen molar-refractivity contribution in [3.63, 3.8) is 0 Å². The fourth-order valence-corrected chi connectivity index (χ4v) is 0.407. The van der Waals surface area contributed by atoms with Crippen molar-refractivity contribution in [1.29, 1.82) is 0 Å². The fraction of sp³-hybridized carbons (Fsp3) is 0.571. The zero-order valence-corrected chi connectivity index (χ0v) is 5.52. The Hall–Kier alpha value is -0.970. The van der Waals surface area contributed by atoms with Gasteiger partial charge in [0, 0.05) is 6.42 Å². The van der Waals surface area contributed by atoms with Crippen molar-refractivity contribution in [2.24, 2.45) is 0 Å². The molecule has 9 heavy (non-hydrogen) atoms. The van der Waals surface area contributed by atoms with Crippen LogP contribution in [0.3, 0.4) is 0 Å². The van der Waals surface area contributed by atoms with E-state index in [1.807, 2.05) is 0 Å². The first kappa shape index (κ1) is 8.03. The van der Waals surface area contributed by atoms with Gasteiger partial charge in [-0.1, -0.05) is 0 Å². The average Bonchev–Trinajstić information content (AvgIpc) is 1.85. The molecule has 0 amide bonds. The molecule has 2 heteroatoms. The third-order valence-corrected chi connectivity index (χ3v) is 0.779. The number of carbonyl (C=O) groups is 1. The standard InChI is InChI=1S/C7H10O2/c1-3-5-6-7(8)9-4-2/h1H,4-6H2,2H3. The van der Waals surface area contributed by atoms with Crippen LogP contribution in [0.5, 0.6) is 0 Å². The number of terminal acetylenes is 1. The Kier molecular flexibility index (Phi) is 4.61. The van der Waals surface area contributed by atoms with Crippen LogP contribution in [0, 0.1) is 12.3 Å². The van der Waals surface area contributed by atoms with Gasteiger partial charge in [-0.15, -0.1) is 12.3 Å². The minimum absolute atomic E-state index is 0.213. The van der Waals surface area contributed by atoms with E-state index in [0.717, 1.165) is 0 Å². The maximum atomic E-state index is 10.5. The van der Waals surface area contributed by atoms with Gasteiger partial charge in [-0.05, 0) is 6.92 Å². The summed E-state index contributed by atoms with van der Waals surface area (Å²) >= 11 is 0. The molecule has 0 aromatic heterocycles.